The number of carboxylic acid groups (broad SMARTS) is 1. The lowest BCUT2D eigenvalue weighted by molar-refractivity contribution is -0.145. The topological polar surface area (TPSA) is 70.3 Å². The quantitative estimate of drug-likeness (QED) is 0.819. The summed E-state index contributed by atoms with van der Waals surface area (Å²) in [6.45, 7) is 2.00. The highest BCUT2D eigenvalue weighted by Gasteiger charge is 2.18. The van der Waals surface area contributed by atoms with Gasteiger partial charge in [0.2, 0.25) is 0 Å². The molecule has 0 fully saturated rings. The molecule has 1 aromatic carbocycles. The van der Waals surface area contributed by atoms with Gasteiger partial charge in [-0.3, -0.25) is 0 Å². The number of rotatable bonds is 6. The van der Waals surface area contributed by atoms with Gasteiger partial charge in [-0.1, -0.05) is 13.3 Å². The second-order valence-corrected chi connectivity index (χ2v) is 3.72. The predicted octanol–water partition coefficient (Wildman–Crippen LogP) is 2.58. The lowest BCUT2D eigenvalue weighted by Crippen LogP contribution is -2.26. The third kappa shape index (κ3) is 4.15. The molecular weight excluding hydrogens is 218 g/mol. The Morgan fingerprint density at radius 3 is 2.59 bits per heavy atom. The van der Waals surface area contributed by atoms with E-state index in [0.29, 0.717) is 17.7 Å². The van der Waals surface area contributed by atoms with Gasteiger partial charge in [0, 0.05) is 0 Å². The molecule has 0 amide bonds. The fourth-order valence-corrected chi connectivity index (χ4v) is 1.39. The lowest BCUT2D eigenvalue weighted by atomic mass is 10.1. The molecule has 0 spiro atoms. The molecule has 17 heavy (non-hydrogen) atoms. The molecular formula is C13H15NO3. The molecule has 0 aliphatic rings. The standard InChI is InChI=1S/C13H15NO3/c1-2-3-4-12(13(15)16)17-11-7-5-10(9-14)6-8-11/h5-8,12H,2-4H2,1H3,(H,15,16). The molecule has 1 unspecified atom stereocenters. The summed E-state index contributed by atoms with van der Waals surface area (Å²) >= 11 is 0. The Bertz CT molecular complexity index is 406. The minimum absolute atomic E-state index is 0.479. The van der Waals surface area contributed by atoms with Crippen molar-refractivity contribution in [1.29, 1.82) is 5.26 Å². The Morgan fingerprint density at radius 1 is 1.47 bits per heavy atom. The summed E-state index contributed by atoms with van der Waals surface area (Å²) < 4.78 is 5.37. The first-order valence-electron chi connectivity index (χ1n) is 5.57. The summed E-state index contributed by atoms with van der Waals surface area (Å²) in [5, 5.41) is 17.6. The van der Waals surface area contributed by atoms with Crippen molar-refractivity contribution < 1.29 is 14.6 Å². The van der Waals surface area contributed by atoms with Gasteiger partial charge in [-0.15, -0.1) is 0 Å². The third-order valence-electron chi connectivity index (χ3n) is 2.36. The highest BCUT2D eigenvalue weighted by atomic mass is 16.5. The van der Waals surface area contributed by atoms with Crippen molar-refractivity contribution in [3.05, 3.63) is 29.8 Å². The minimum Gasteiger partial charge on any atom is -0.479 e. The summed E-state index contributed by atoms with van der Waals surface area (Å²) in [5.74, 6) is -0.477. The number of hydrogen-bond acceptors (Lipinski definition) is 3. The van der Waals surface area contributed by atoms with Crippen molar-refractivity contribution >= 4 is 5.97 Å². The highest BCUT2D eigenvalue weighted by Crippen LogP contribution is 2.16. The minimum atomic E-state index is -0.956. The van der Waals surface area contributed by atoms with Crippen LogP contribution in [0.5, 0.6) is 5.75 Å². The third-order valence-corrected chi connectivity index (χ3v) is 2.36. The number of ether oxygens (including phenoxy) is 1. The van der Waals surface area contributed by atoms with Crippen LogP contribution in [0.2, 0.25) is 0 Å². The van der Waals surface area contributed by atoms with E-state index in [-0.39, 0.29) is 0 Å². The van der Waals surface area contributed by atoms with Crippen molar-refractivity contribution in [2.45, 2.75) is 32.3 Å². The van der Waals surface area contributed by atoms with Gasteiger partial charge in [-0.2, -0.15) is 5.26 Å². The molecule has 0 aliphatic carbocycles. The van der Waals surface area contributed by atoms with E-state index in [4.69, 9.17) is 15.1 Å². The first kappa shape index (κ1) is 13.0. The second kappa shape index (κ2) is 6.54. The molecule has 0 aliphatic heterocycles. The van der Waals surface area contributed by atoms with Crippen molar-refractivity contribution in [3.63, 3.8) is 0 Å². The molecule has 0 heterocycles. The zero-order chi connectivity index (χ0) is 12.7. The van der Waals surface area contributed by atoms with Crippen molar-refractivity contribution in [3.8, 4) is 11.8 Å². The van der Waals surface area contributed by atoms with Crippen LogP contribution in [0.15, 0.2) is 24.3 Å². The lowest BCUT2D eigenvalue weighted by Gasteiger charge is -2.14. The Labute approximate surface area is 100 Å². The molecule has 90 valence electrons. The summed E-state index contributed by atoms with van der Waals surface area (Å²) in [6, 6.07) is 8.43. The Hall–Kier alpha value is -2.02. The summed E-state index contributed by atoms with van der Waals surface area (Å²) in [6.07, 6.45) is 1.42. The maximum Gasteiger partial charge on any atom is 0.344 e. The van der Waals surface area contributed by atoms with Crippen LogP contribution in [0.25, 0.3) is 0 Å². The zero-order valence-electron chi connectivity index (χ0n) is 9.72. The zero-order valence-corrected chi connectivity index (χ0v) is 9.72. The highest BCUT2D eigenvalue weighted by molar-refractivity contribution is 5.72. The van der Waals surface area contributed by atoms with Crippen LogP contribution in [0.3, 0.4) is 0 Å². The Kier molecular flexibility index (Phi) is 5.02. The van der Waals surface area contributed by atoms with Crippen LogP contribution in [0.4, 0.5) is 0 Å². The van der Waals surface area contributed by atoms with E-state index >= 15 is 0 Å². The molecule has 1 N–H and O–H groups in total. The van der Waals surface area contributed by atoms with Crippen LogP contribution in [-0.2, 0) is 4.79 Å². The van der Waals surface area contributed by atoms with Crippen LogP contribution >= 0.6 is 0 Å². The number of aliphatic carboxylic acids is 1. The van der Waals surface area contributed by atoms with Crippen molar-refractivity contribution in [2.24, 2.45) is 0 Å². The maximum atomic E-state index is 11.0. The Balaban J connectivity index is 2.65. The molecule has 1 atom stereocenters. The first-order chi connectivity index (χ1) is 8.17. The fourth-order valence-electron chi connectivity index (χ4n) is 1.39. The van der Waals surface area contributed by atoms with Gasteiger partial charge in [0.05, 0.1) is 11.6 Å². The van der Waals surface area contributed by atoms with Crippen molar-refractivity contribution in [1.82, 2.24) is 0 Å². The van der Waals surface area contributed by atoms with Crippen LogP contribution in [0, 0.1) is 11.3 Å². The molecule has 0 saturated heterocycles. The summed E-state index contributed by atoms with van der Waals surface area (Å²) in [7, 11) is 0. The van der Waals surface area contributed by atoms with E-state index in [1.807, 2.05) is 13.0 Å². The number of carbonyl (C=O) groups is 1. The molecule has 0 radical (unpaired) electrons. The normalized spacial score (nSPS) is 11.5. The van der Waals surface area contributed by atoms with Crippen LogP contribution in [0.1, 0.15) is 31.7 Å². The van der Waals surface area contributed by atoms with Gasteiger partial charge in [0.15, 0.2) is 6.10 Å². The van der Waals surface area contributed by atoms with E-state index in [1.165, 1.54) is 0 Å². The molecule has 1 aromatic rings. The SMILES string of the molecule is CCCCC(Oc1ccc(C#N)cc1)C(=O)O. The largest absolute Gasteiger partial charge is 0.479 e. The molecule has 4 nitrogen and oxygen atoms in total. The van der Waals surface area contributed by atoms with E-state index in [2.05, 4.69) is 0 Å². The summed E-state index contributed by atoms with van der Waals surface area (Å²) in [4.78, 5) is 11.0. The number of hydrogen-bond donors (Lipinski definition) is 1. The predicted molar refractivity (Wildman–Crippen MR) is 62.7 cm³/mol. The average molecular weight is 233 g/mol. The van der Waals surface area contributed by atoms with Gasteiger partial charge >= 0.3 is 5.97 Å². The van der Waals surface area contributed by atoms with Crippen LogP contribution < -0.4 is 4.74 Å². The average Bonchev–Trinajstić information content (AvgIpc) is 2.35. The van der Waals surface area contributed by atoms with Gasteiger partial charge in [-0.05, 0) is 37.1 Å². The molecule has 1 rings (SSSR count). The fraction of sp³-hybridized carbons (Fsp3) is 0.385. The monoisotopic (exact) mass is 233 g/mol. The number of unbranched alkanes of at least 4 members (excludes halogenated alkanes) is 1. The van der Waals surface area contributed by atoms with Gasteiger partial charge < -0.3 is 9.84 Å². The Morgan fingerprint density at radius 2 is 2.12 bits per heavy atom. The van der Waals surface area contributed by atoms with E-state index in [1.54, 1.807) is 24.3 Å². The molecule has 4 heteroatoms. The van der Waals surface area contributed by atoms with Crippen molar-refractivity contribution in [2.75, 3.05) is 0 Å². The second-order valence-electron chi connectivity index (χ2n) is 3.72. The van der Waals surface area contributed by atoms with Gasteiger partial charge in [0.1, 0.15) is 5.75 Å². The van der Waals surface area contributed by atoms with Gasteiger partial charge in [0.25, 0.3) is 0 Å². The maximum absolute atomic E-state index is 11.0. The molecule has 0 bridgehead atoms. The van der Waals surface area contributed by atoms with Gasteiger partial charge in [-0.25, -0.2) is 4.79 Å². The molecule has 0 saturated carbocycles. The number of nitrogens with zero attached hydrogens (tertiary/aromatic N) is 1. The van der Waals surface area contributed by atoms with E-state index in [0.717, 1.165) is 12.8 Å². The number of nitriles is 1. The van der Waals surface area contributed by atoms with E-state index in [9.17, 15) is 4.79 Å². The smallest absolute Gasteiger partial charge is 0.344 e. The van der Waals surface area contributed by atoms with Crippen LogP contribution in [-0.4, -0.2) is 17.2 Å². The molecule has 0 aromatic heterocycles. The van der Waals surface area contributed by atoms with E-state index < -0.39 is 12.1 Å². The number of benzene rings is 1. The number of carboxylic acids is 1. The first-order valence-corrected chi connectivity index (χ1v) is 5.57. The summed E-state index contributed by atoms with van der Waals surface area (Å²) in [5.41, 5.74) is 0.526.